The quantitative estimate of drug-likeness (QED) is 0.653. The molecule has 7 nitrogen and oxygen atoms in total. The normalized spacial score (nSPS) is 12.6. The molecule has 0 spiro atoms. The molecule has 1 N–H and O–H groups in total. The van der Waals surface area contributed by atoms with Crippen LogP contribution in [0.5, 0.6) is 5.75 Å². The average molecular weight is 407 g/mol. The summed E-state index contributed by atoms with van der Waals surface area (Å²) in [7, 11) is -0.831. The number of nitrogens with zero attached hydrogens (tertiary/aromatic N) is 1. The Bertz CT molecular complexity index is 854. The average Bonchev–Trinajstić information content (AvgIpc) is 2.68. The lowest BCUT2D eigenvalue weighted by Gasteiger charge is -2.23. The summed E-state index contributed by atoms with van der Waals surface area (Å²) in [6, 6.07) is 15.0. The van der Waals surface area contributed by atoms with Gasteiger partial charge in [-0.05, 0) is 36.8 Å². The van der Waals surface area contributed by atoms with Gasteiger partial charge in [0.15, 0.2) is 0 Å². The van der Waals surface area contributed by atoms with Crippen molar-refractivity contribution < 1.29 is 22.7 Å². The molecule has 1 amide bonds. The lowest BCUT2D eigenvalue weighted by atomic mass is 10.2. The van der Waals surface area contributed by atoms with Gasteiger partial charge < -0.3 is 14.8 Å². The Morgan fingerprint density at radius 2 is 1.71 bits per heavy atom. The summed E-state index contributed by atoms with van der Waals surface area (Å²) >= 11 is 0. The third-order valence-corrected chi connectivity index (χ3v) is 5.85. The van der Waals surface area contributed by atoms with E-state index in [1.165, 1.54) is 23.5 Å². The van der Waals surface area contributed by atoms with E-state index in [0.29, 0.717) is 12.4 Å². The molecule has 0 aliphatic heterocycles. The molecule has 0 saturated heterocycles. The molecule has 152 valence electrons. The second-order valence-corrected chi connectivity index (χ2v) is 8.30. The van der Waals surface area contributed by atoms with Gasteiger partial charge in [0.2, 0.25) is 15.9 Å². The van der Waals surface area contributed by atoms with Crippen LogP contribution >= 0.6 is 0 Å². The molecule has 1 atom stereocenters. The molecule has 0 fully saturated rings. The summed E-state index contributed by atoms with van der Waals surface area (Å²) in [6.45, 7) is 1.93. The molecule has 0 unspecified atom stereocenters. The molecule has 0 radical (unpaired) electrons. The summed E-state index contributed by atoms with van der Waals surface area (Å²) in [4.78, 5) is 12.5. The summed E-state index contributed by atoms with van der Waals surface area (Å²) in [5.41, 5.74) is 0.789. The number of ether oxygens (including phenoxy) is 2. The predicted octanol–water partition coefficient (Wildman–Crippen LogP) is 2.04. The van der Waals surface area contributed by atoms with E-state index in [9.17, 15) is 13.2 Å². The number of carbonyl (C=O) groups is 1. The van der Waals surface area contributed by atoms with Gasteiger partial charge in [-0.3, -0.25) is 4.79 Å². The summed E-state index contributed by atoms with van der Waals surface area (Å²) < 4.78 is 37.6. The molecule has 2 aromatic rings. The molecule has 8 heteroatoms. The van der Waals surface area contributed by atoms with Gasteiger partial charge >= 0.3 is 0 Å². The maximum atomic E-state index is 13.2. The fourth-order valence-electron chi connectivity index (χ4n) is 2.68. The molecule has 0 bridgehead atoms. The van der Waals surface area contributed by atoms with Gasteiger partial charge in [-0.15, -0.1) is 0 Å². The highest BCUT2D eigenvalue weighted by molar-refractivity contribution is 7.89. The number of amides is 1. The lowest BCUT2D eigenvalue weighted by Crippen LogP contribution is -2.44. The minimum absolute atomic E-state index is 0.0846. The maximum absolute atomic E-state index is 13.2. The third kappa shape index (κ3) is 6.05. The zero-order chi connectivity index (χ0) is 20.6. The first-order valence-electron chi connectivity index (χ1n) is 8.83. The largest absolute Gasteiger partial charge is 0.497 e. The molecular formula is C20H26N2O5S. The third-order valence-electron chi connectivity index (χ3n) is 4.04. The predicted molar refractivity (Wildman–Crippen MR) is 107 cm³/mol. The molecule has 0 aromatic heterocycles. The van der Waals surface area contributed by atoms with E-state index in [-0.39, 0.29) is 24.0 Å². The number of hydrogen-bond acceptors (Lipinski definition) is 5. The van der Waals surface area contributed by atoms with Crippen LogP contribution in [0.15, 0.2) is 59.5 Å². The van der Waals surface area contributed by atoms with Crippen LogP contribution in [-0.2, 0) is 26.1 Å². The number of methoxy groups -OCH3 is 2. The van der Waals surface area contributed by atoms with Gasteiger partial charge in [0.1, 0.15) is 5.75 Å². The van der Waals surface area contributed by atoms with Gasteiger partial charge in [-0.1, -0.05) is 30.3 Å². The van der Waals surface area contributed by atoms with Crippen LogP contribution < -0.4 is 10.1 Å². The van der Waals surface area contributed by atoms with Crippen molar-refractivity contribution in [2.45, 2.75) is 24.4 Å². The Morgan fingerprint density at radius 1 is 1.07 bits per heavy atom. The van der Waals surface area contributed by atoms with E-state index in [0.717, 1.165) is 5.56 Å². The highest BCUT2D eigenvalue weighted by Crippen LogP contribution is 2.21. The van der Waals surface area contributed by atoms with Crippen molar-refractivity contribution in [2.75, 3.05) is 27.4 Å². The molecule has 0 heterocycles. The van der Waals surface area contributed by atoms with Crippen LogP contribution in [0.1, 0.15) is 12.5 Å². The first-order chi connectivity index (χ1) is 13.4. The summed E-state index contributed by atoms with van der Waals surface area (Å²) in [6.07, 6.45) is 0. The zero-order valence-electron chi connectivity index (χ0n) is 16.3. The SMILES string of the molecule is COC[C@H](C)NC(=O)CN(Cc1ccccc1)S(=O)(=O)c1ccc(OC)cc1. The standard InChI is InChI=1S/C20H26N2O5S/c1-16(15-26-2)21-20(23)14-22(13-17-7-5-4-6-8-17)28(24,25)19-11-9-18(27-3)10-12-19/h4-12,16H,13-15H2,1-3H3,(H,21,23)/t16-/m0/s1. The van der Waals surface area contributed by atoms with Crippen LogP contribution in [-0.4, -0.2) is 52.0 Å². The van der Waals surface area contributed by atoms with Gasteiger partial charge in [0.25, 0.3) is 0 Å². The Balaban J connectivity index is 2.26. The maximum Gasteiger partial charge on any atom is 0.243 e. The van der Waals surface area contributed by atoms with Gasteiger partial charge in [-0.25, -0.2) is 8.42 Å². The van der Waals surface area contributed by atoms with Crippen molar-refractivity contribution in [1.29, 1.82) is 0 Å². The summed E-state index contributed by atoms with van der Waals surface area (Å²) in [5.74, 6) is 0.164. The molecular weight excluding hydrogens is 380 g/mol. The highest BCUT2D eigenvalue weighted by Gasteiger charge is 2.27. The smallest absolute Gasteiger partial charge is 0.243 e. The van der Waals surface area contributed by atoms with E-state index in [4.69, 9.17) is 9.47 Å². The number of nitrogens with one attached hydrogen (secondary N) is 1. The van der Waals surface area contributed by atoms with Crippen molar-refractivity contribution >= 4 is 15.9 Å². The first kappa shape index (κ1) is 21.9. The number of hydrogen-bond donors (Lipinski definition) is 1. The Kier molecular flexibility index (Phi) is 7.98. The number of carbonyl (C=O) groups excluding carboxylic acids is 1. The topological polar surface area (TPSA) is 84.9 Å². The first-order valence-corrected chi connectivity index (χ1v) is 10.3. The number of benzene rings is 2. The van der Waals surface area contributed by atoms with Gasteiger partial charge in [0.05, 0.1) is 25.2 Å². The molecule has 28 heavy (non-hydrogen) atoms. The van der Waals surface area contributed by atoms with Crippen LogP contribution in [0, 0.1) is 0 Å². The zero-order valence-corrected chi connectivity index (χ0v) is 17.1. The van der Waals surface area contributed by atoms with E-state index in [1.807, 2.05) is 30.3 Å². The minimum atomic E-state index is -3.88. The molecule has 0 saturated carbocycles. The fourth-order valence-corrected chi connectivity index (χ4v) is 4.07. The second kappa shape index (κ2) is 10.2. The lowest BCUT2D eigenvalue weighted by molar-refractivity contribution is -0.122. The van der Waals surface area contributed by atoms with E-state index < -0.39 is 15.9 Å². The van der Waals surface area contributed by atoms with E-state index in [2.05, 4.69) is 5.32 Å². The Morgan fingerprint density at radius 3 is 2.29 bits per heavy atom. The van der Waals surface area contributed by atoms with Crippen molar-refractivity contribution in [1.82, 2.24) is 9.62 Å². The molecule has 0 aliphatic rings. The fraction of sp³-hybridized carbons (Fsp3) is 0.350. The number of rotatable bonds is 10. The van der Waals surface area contributed by atoms with Crippen molar-refractivity contribution in [2.24, 2.45) is 0 Å². The molecule has 0 aliphatic carbocycles. The number of sulfonamides is 1. The molecule has 2 aromatic carbocycles. The van der Waals surface area contributed by atoms with Crippen LogP contribution in [0.3, 0.4) is 0 Å². The Labute approximate surface area is 166 Å². The highest BCUT2D eigenvalue weighted by atomic mass is 32.2. The van der Waals surface area contributed by atoms with Crippen molar-refractivity contribution in [3.05, 3.63) is 60.2 Å². The minimum Gasteiger partial charge on any atom is -0.497 e. The summed E-state index contributed by atoms with van der Waals surface area (Å²) in [5, 5.41) is 2.75. The second-order valence-electron chi connectivity index (χ2n) is 6.36. The Hall–Kier alpha value is -2.42. The van der Waals surface area contributed by atoms with Crippen LogP contribution in [0.25, 0.3) is 0 Å². The van der Waals surface area contributed by atoms with E-state index in [1.54, 1.807) is 26.2 Å². The van der Waals surface area contributed by atoms with Crippen LogP contribution in [0.2, 0.25) is 0 Å². The monoisotopic (exact) mass is 406 g/mol. The molecule has 2 rings (SSSR count). The van der Waals surface area contributed by atoms with Gasteiger partial charge in [-0.2, -0.15) is 4.31 Å². The van der Waals surface area contributed by atoms with Gasteiger partial charge in [0, 0.05) is 19.7 Å². The van der Waals surface area contributed by atoms with Crippen LogP contribution in [0.4, 0.5) is 0 Å². The van der Waals surface area contributed by atoms with Crippen molar-refractivity contribution in [3.8, 4) is 5.75 Å². The van der Waals surface area contributed by atoms with E-state index >= 15 is 0 Å². The van der Waals surface area contributed by atoms with Crippen molar-refractivity contribution in [3.63, 3.8) is 0 Å².